The molecule has 0 N–H and O–H groups in total. The molecule has 0 radical (unpaired) electrons. The highest BCUT2D eigenvalue weighted by atomic mass is 16.5. The third-order valence-corrected chi connectivity index (χ3v) is 1.82. The summed E-state index contributed by atoms with van der Waals surface area (Å²) in [4.78, 5) is 21.1. The number of rotatable bonds is 2. The summed E-state index contributed by atoms with van der Waals surface area (Å²) >= 11 is 0. The average Bonchev–Trinajstić information content (AvgIpc) is 3.09. The van der Waals surface area contributed by atoms with E-state index in [1.165, 1.54) is 26.7 Å². The van der Waals surface area contributed by atoms with Crippen LogP contribution in [0.15, 0.2) is 45.6 Å². The Balaban J connectivity index is 0.000000180. The number of furan rings is 2. The summed E-state index contributed by atoms with van der Waals surface area (Å²) < 4.78 is 18.1. The second kappa shape index (κ2) is 6.95. The predicted octanol–water partition coefficient (Wildman–Crippen LogP) is 2.13. The summed E-state index contributed by atoms with van der Waals surface area (Å²) in [6, 6.07) is 6.36. The molecule has 0 aromatic carbocycles. The Morgan fingerprint density at radius 2 is 1.28 bits per heavy atom. The van der Waals surface area contributed by atoms with Gasteiger partial charge in [0.15, 0.2) is 0 Å². The van der Waals surface area contributed by atoms with Crippen molar-refractivity contribution in [2.24, 2.45) is 0 Å². The predicted molar refractivity (Wildman–Crippen MR) is 60.1 cm³/mol. The van der Waals surface area contributed by atoms with Gasteiger partial charge in [0.2, 0.25) is 11.5 Å². The second-order valence-corrected chi connectivity index (χ2v) is 2.94. The van der Waals surface area contributed by atoms with E-state index in [-0.39, 0.29) is 11.5 Å². The molecule has 0 bridgehead atoms. The molecule has 0 saturated heterocycles. The molecule has 0 aliphatic heterocycles. The minimum Gasteiger partial charge on any atom is -0.463 e. The maximum atomic E-state index is 10.6. The van der Waals surface area contributed by atoms with Crippen LogP contribution in [0.5, 0.6) is 0 Å². The number of hydrogen-bond donors (Lipinski definition) is 0. The molecule has 0 saturated carbocycles. The lowest BCUT2D eigenvalue weighted by Crippen LogP contribution is -1.97. The molecule has 2 aromatic heterocycles. The molecule has 0 spiro atoms. The zero-order chi connectivity index (χ0) is 13.4. The van der Waals surface area contributed by atoms with Crippen molar-refractivity contribution in [3.05, 3.63) is 48.3 Å². The maximum Gasteiger partial charge on any atom is 0.373 e. The summed E-state index contributed by atoms with van der Waals surface area (Å²) in [5.74, 6) is -0.421. The molecular formula is C12H12O6. The van der Waals surface area contributed by atoms with Crippen LogP contribution in [-0.4, -0.2) is 26.2 Å². The largest absolute Gasteiger partial charge is 0.463 e. The van der Waals surface area contributed by atoms with Crippen molar-refractivity contribution in [1.82, 2.24) is 0 Å². The van der Waals surface area contributed by atoms with Gasteiger partial charge in [-0.05, 0) is 24.3 Å². The van der Waals surface area contributed by atoms with Crippen molar-refractivity contribution in [2.45, 2.75) is 0 Å². The average molecular weight is 252 g/mol. The van der Waals surface area contributed by atoms with Crippen LogP contribution in [-0.2, 0) is 9.47 Å². The zero-order valence-electron chi connectivity index (χ0n) is 9.91. The van der Waals surface area contributed by atoms with E-state index < -0.39 is 11.9 Å². The molecular weight excluding hydrogens is 240 g/mol. The molecule has 0 atom stereocenters. The van der Waals surface area contributed by atoms with Crippen LogP contribution in [0, 0.1) is 0 Å². The van der Waals surface area contributed by atoms with Gasteiger partial charge in [0.1, 0.15) is 0 Å². The van der Waals surface area contributed by atoms with E-state index in [1.54, 1.807) is 24.3 Å². The van der Waals surface area contributed by atoms with Crippen molar-refractivity contribution in [3.63, 3.8) is 0 Å². The number of carbonyl (C=O) groups is 2. The Labute approximate surface area is 103 Å². The Kier molecular flexibility index (Phi) is 5.24. The minimum absolute atomic E-state index is 0.234. The molecule has 0 fully saturated rings. The van der Waals surface area contributed by atoms with E-state index in [0.29, 0.717) is 0 Å². The molecule has 2 rings (SSSR count). The minimum atomic E-state index is -0.444. The molecule has 2 heterocycles. The van der Waals surface area contributed by atoms with Gasteiger partial charge in [0.25, 0.3) is 0 Å². The second-order valence-electron chi connectivity index (χ2n) is 2.94. The first kappa shape index (κ1) is 13.6. The molecule has 96 valence electrons. The number of methoxy groups -OCH3 is 2. The van der Waals surface area contributed by atoms with E-state index in [1.807, 2.05) is 0 Å². The third kappa shape index (κ3) is 3.82. The summed E-state index contributed by atoms with van der Waals surface area (Å²) in [6.45, 7) is 0. The van der Waals surface area contributed by atoms with Gasteiger partial charge in [0.05, 0.1) is 26.7 Å². The first-order valence-corrected chi connectivity index (χ1v) is 4.92. The Morgan fingerprint density at radius 3 is 1.50 bits per heavy atom. The monoisotopic (exact) mass is 252 g/mol. The summed E-state index contributed by atoms with van der Waals surface area (Å²) in [6.07, 6.45) is 2.85. The number of esters is 2. The van der Waals surface area contributed by atoms with Gasteiger partial charge in [-0.2, -0.15) is 0 Å². The Bertz CT molecular complexity index is 422. The fourth-order valence-corrected chi connectivity index (χ4v) is 0.991. The molecule has 2 aromatic rings. The van der Waals surface area contributed by atoms with Gasteiger partial charge in [-0.1, -0.05) is 0 Å². The lowest BCUT2D eigenvalue weighted by Gasteiger charge is -1.89. The van der Waals surface area contributed by atoms with Gasteiger partial charge in [-0.15, -0.1) is 0 Å². The van der Waals surface area contributed by atoms with Gasteiger partial charge in [-0.3, -0.25) is 0 Å². The molecule has 0 aliphatic carbocycles. The number of ether oxygens (including phenoxy) is 2. The molecule has 0 unspecified atom stereocenters. The van der Waals surface area contributed by atoms with Gasteiger partial charge in [-0.25, -0.2) is 9.59 Å². The lowest BCUT2D eigenvalue weighted by atomic mass is 10.5. The highest BCUT2D eigenvalue weighted by Crippen LogP contribution is 2.00. The van der Waals surface area contributed by atoms with Crippen LogP contribution in [0.4, 0.5) is 0 Å². The molecule has 18 heavy (non-hydrogen) atoms. The highest BCUT2D eigenvalue weighted by Gasteiger charge is 2.06. The van der Waals surface area contributed by atoms with E-state index in [9.17, 15) is 9.59 Å². The van der Waals surface area contributed by atoms with Crippen LogP contribution >= 0.6 is 0 Å². The number of carbonyl (C=O) groups excluding carboxylic acids is 2. The van der Waals surface area contributed by atoms with Gasteiger partial charge >= 0.3 is 11.9 Å². The van der Waals surface area contributed by atoms with Gasteiger partial charge in [0, 0.05) is 0 Å². The zero-order valence-corrected chi connectivity index (χ0v) is 9.91. The topological polar surface area (TPSA) is 78.9 Å². The quantitative estimate of drug-likeness (QED) is 0.762. The molecule has 6 heteroatoms. The normalized spacial score (nSPS) is 9.00. The summed E-state index contributed by atoms with van der Waals surface area (Å²) in [5.41, 5.74) is 0. The number of hydrogen-bond acceptors (Lipinski definition) is 6. The first-order valence-electron chi connectivity index (χ1n) is 4.92. The first-order chi connectivity index (χ1) is 8.69. The SMILES string of the molecule is COC(=O)c1ccco1.COC(=O)c1ccco1. The maximum absolute atomic E-state index is 10.6. The Hall–Kier alpha value is -2.50. The van der Waals surface area contributed by atoms with E-state index in [0.717, 1.165) is 0 Å². The van der Waals surface area contributed by atoms with E-state index in [4.69, 9.17) is 8.83 Å². The van der Waals surface area contributed by atoms with Crippen molar-refractivity contribution < 1.29 is 27.9 Å². The van der Waals surface area contributed by atoms with Crippen LogP contribution in [0.25, 0.3) is 0 Å². The summed E-state index contributed by atoms with van der Waals surface area (Å²) in [5, 5.41) is 0. The van der Waals surface area contributed by atoms with Crippen LogP contribution in [0.2, 0.25) is 0 Å². The summed E-state index contributed by atoms with van der Waals surface area (Å²) in [7, 11) is 2.62. The fourth-order valence-electron chi connectivity index (χ4n) is 0.991. The van der Waals surface area contributed by atoms with Crippen molar-refractivity contribution in [3.8, 4) is 0 Å². The third-order valence-electron chi connectivity index (χ3n) is 1.82. The van der Waals surface area contributed by atoms with Crippen LogP contribution in [0.1, 0.15) is 21.1 Å². The van der Waals surface area contributed by atoms with Crippen molar-refractivity contribution >= 4 is 11.9 Å². The van der Waals surface area contributed by atoms with Crippen molar-refractivity contribution in [2.75, 3.05) is 14.2 Å². The smallest absolute Gasteiger partial charge is 0.373 e. The highest BCUT2D eigenvalue weighted by molar-refractivity contribution is 5.86. The Morgan fingerprint density at radius 1 is 0.889 bits per heavy atom. The standard InChI is InChI=1S/2C6H6O3/c2*1-8-6(7)5-3-2-4-9-5/h2*2-4H,1H3. The molecule has 6 nitrogen and oxygen atoms in total. The van der Waals surface area contributed by atoms with Crippen LogP contribution < -0.4 is 0 Å². The van der Waals surface area contributed by atoms with Crippen molar-refractivity contribution in [1.29, 1.82) is 0 Å². The van der Waals surface area contributed by atoms with Crippen LogP contribution in [0.3, 0.4) is 0 Å². The lowest BCUT2D eigenvalue weighted by molar-refractivity contribution is 0.0557. The fraction of sp³-hybridized carbons (Fsp3) is 0.167. The molecule has 0 aliphatic rings. The van der Waals surface area contributed by atoms with E-state index >= 15 is 0 Å². The molecule has 0 amide bonds. The van der Waals surface area contributed by atoms with E-state index in [2.05, 4.69) is 9.47 Å². The van der Waals surface area contributed by atoms with Gasteiger partial charge < -0.3 is 18.3 Å².